The summed E-state index contributed by atoms with van der Waals surface area (Å²) in [5.74, 6) is -1.37. The summed E-state index contributed by atoms with van der Waals surface area (Å²) < 4.78 is 5.85. The minimum Gasteiger partial charge on any atom is -0.480 e. The molecule has 0 bridgehead atoms. The molecule has 47 heavy (non-hydrogen) atoms. The molecule has 0 fully saturated rings. The normalized spacial score (nSPS) is 12.9. The largest absolute Gasteiger partial charge is 0.480 e. The van der Waals surface area contributed by atoms with Crippen LogP contribution in [0.3, 0.4) is 0 Å². The molecule has 0 radical (unpaired) electrons. The van der Waals surface area contributed by atoms with E-state index in [4.69, 9.17) is 9.84 Å². The third-order valence-corrected chi connectivity index (χ3v) is 7.60. The third kappa shape index (κ3) is 35.5. The molecule has 0 heterocycles. The van der Waals surface area contributed by atoms with Gasteiger partial charge in [-0.05, 0) is 89.5 Å². The molecule has 0 aromatic carbocycles. The van der Waals surface area contributed by atoms with Crippen LogP contribution in [0, 0.1) is 0 Å². The molecule has 6 nitrogen and oxygen atoms in total. The number of allylic oxidation sites excluding steroid dienone is 11. The van der Waals surface area contributed by atoms with Gasteiger partial charge in [0.2, 0.25) is 5.91 Å². The lowest BCUT2D eigenvalue weighted by atomic mass is 10.1. The van der Waals surface area contributed by atoms with Crippen LogP contribution in [0.25, 0.3) is 0 Å². The molecule has 0 spiro atoms. The zero-order chi connectivity index (χ0) is 34.5. The van der Waals surface area contributed by atoms with E-state index < -0.39 is 5.97 Å². The quantitative estimate of drug-likeness (QED) is 0.0428. The van der Waals surface area contributed by atoms with Gasteiger partial charge in [0.25, 0.3) is 0 Å². The predicted molar refractivity (Wildman–Crippen MR) is 198 cm³/mol. The molecule has 0 aromatic heterocycles. The number of nitrogens with one attached hydrogen (secondary N) is 1. The van der Waals surface area contributed by atoms with Crippen LogP contribution in [0.1, 0.15) is 155 Å². The Labute approximate surface area is 287 Å². The number of esters is 1. The van der Waals surface area contributed by atoms with Crippen molar-refractivity contribution in [3.63, 3.8) is 0 Å². The molecule has 1 unspecified atom stereocenters. The van der Waals surface area contributed by atoms with E-state index in [0.717, 1.165) is 96.3 Å². The van der Waals surface area contributed by atoms with E-state index in [1.807, 2.05) is 0 Å². The summed E-state index contributed by atoms with van der Waals surface area (Å²) in [4.78, 5) is 34.8. The second-order valence-corrected chi connectivity index (χ2v) is 12.1. The van der Waals surface area contributed by atoms with Crippen LogP contribution in [0.5, 0.6) is 0 Å². The van der Waals surface area contributed by atoms with Crippen molar-refractivity contribution < 1.29 is 24.2 Å². The monoisotopic (exact) mass is 654 g/mol. The van der Waals surface area contributed by atoms with Crippen molar-refractivity contribution >= 4 is 17.8 Å². The number of carbonyl (C=O) groups is 3. The third-order valence-electron chi connectivity index (χ3n) is 7.60. The van der Waals surface area contributed by atoms with Gasteiger partial charge < -0.3 is 15.2 Å². The van der Waals surface area contributed by atoms with E-state index >= 15 is 0 Å². The zero-order valence-electron chi connectivity index (χ0n) is 29.8. The smallest absolute Gasteiger partial charge is 0.322 e. The summed E-state index contributed by atoms with van der Waals surface area (Å²) in [6.45, 7) is 4.04. The van der Waals surface area contributed by atoms with Gasteiger partial charge in [-0.15, -0.1) is 0 Å². The number of amides is 1. The Kier molecular flexibility index (Phi) is 33.3. The molecule has 0 aliphatic rings. The fourth-order valence-electron chi connectivity index (χ4n) is 4.86. The van der Waals surface area contributed by atoms with Crippen molar-refractivity contribution in [2.75, 3.05) is 6.54 Å². The highest BCUT2D eigenvalue weighted by atomic mass is 16.5. The molecular weight excluding hydrogens is 586 g/mol. The van der Waals surface area contributed by atoms with Crippen LogP contribution < -0.4 is 5.32 Å². The van der Waals surface area contributed by atoms with Gasteiger partial charge in [-0.25, -0.2) is 0 Å². The number of rotatable bonds is 32. The van der Waals surface area contributed by atoms with Crippen molar-refractivity contribution in [2.24, 2.45) is 0 Å². The number of carboxylic acids is 1. The van der Waals surface area contributed by atoms with E-state index in [9.17, 15) is 14.4 Å². The topological polar surface area (TPSA) is 92.7 Å². The molecule has 0 saturated carbocycles. The Hall–Kier alpha value is -3.15. The van der Waals surface area contributed by atoms with Crippen molar-refractivity contribution in [3.05, 3.63) is 72.9 Å². The van der Waals surface area contributed by atoms with E-state index in [2.05, 4.69) is 92.1 Å². The second-order valence-electron chi connectivity index (χ2n) is 12.1. The summed E-state index contributed by atoms with van der Waals surface area (Å²) in [7, 11) is 0. The minimum atomic E-state index is -1.03. The average Bonchev–Trinajstić information content (AvgIpc) is 3.05. The first kappa shape index (κ1) is 43.9. The maximum absolute atomic E-state index is 12.6. The Bertz CT molecular complexity index is 943. The molecule has 6 heteroatoms. The first-order valence-corrected chi connectivity index (χ1v) is 18.6. The van der Waals surface area contributed by atoms with Crippen LogP contribution in [0.4, 0.5) is 0 Å². The van der Waals surface area contributed by atoms with E-state index in [0.29, 0.717) is 12.8 Å². The van der Waals surface area contributed by atoms with Crippen molar-refractivity contribution in [1.82, 2.24) is 5.32 Å². The molecule has 1 atom stereocenters. The summed E-state index contributed by atoms with van der Waals surface area (Å²) >= 11 is 0. The van der Waals surface area contributed by atoms with Gasteiger partial charge in [0.15, 0.2) is 0 Å². The Morgan fingerprint density at radius 3 is 1.72 bits per heavy atom. The maximum Gasteiger partial charge on any atom is 0.322 e. The van der Waals surface area contributed by atoms with E-state index in [-0.39, 0.29) is 24.5 Å². The Morgan fingerprint density at radius 2 is 1.11 bits per heavy atom. The van der Waals surface area contributed by atoms with Gasteiger partial charge in [0.05, 0.1) is 0 Å². The highest BCUT2D eigenvalue weighted by molar-refractivity contribution is 5.80. The van der Waals surface area contributed by atoms with Crippen molar-refractivity contribution in [1.29, 1.82) is 0 Å². The molecule has 2 N–H and O–H groups in total. The number of carboxylic acid groups (broad SMARTS) is 1. The molecule has 1 amide bonds. The highest BCUT2D eigenvalue weighted by Crippen LogP contribution is 2.14. The lowest BCUT2D eigenvalue weighted by Gasteiger charge is -2.15. The van der Waals surface area contributed by atoms with Gasteiger partial charge in [-0.3, -0.25) is 14.4 Å². The molecule has 0 saturated heterocycles. The molecule has 266 valence electrons. The molecule has 0 aliphatic carbocycles. The molecule has 0 rings (SSSR count). The number of hydrogen-bond donors (Lipinski definition) is 2. The number of aliphatic carboxylic acids is 1. The summed E-state index contributed by atoms with van der Waals surface area (Å²) in [5, 5.41) is 11.0. The Balaban J connectivity index is 4.18. The van der Waals surface area contributed by atoms with E-state index in [1.165, 1.54) is 32.1 Å². The van der Waals surface area contributed by atoms with Crippen molar-refractivity contribution in [2.45, 2.75) is 161 Å². The lowest BCUT2D eigenvalue weighted by Crippen LogP contribution is -2.28. The van der Waals surface area contributed by atoms with Gasteiger partial charge in [0.1, 0.15) is 12.6 Å². The lowest BCUT2D eigenvalue weighted by molar-refractivity contribution is -0.147. The van der Waals surface area contributed by atoms with Crippen molar-refractivity contribution in [3.8, 4) is 0 Å². The first-order chi connectivity index (χ1) is 23.0. The molecule has 0 aromatic rings. The fraction of sp³-hybridized carbons (Fsp3) is 0.634. The van der Waals surface area contributed by atoms with E-state index in [1.54, 1.807) is 0 Å². The second kappa shape index (κ2) is 35.7. The van der Waals surface area contributed by atoms with Crippen LogP contribution in [0.2, 0.25) is 0 Å². The number of hydrogen-bond acceptors (Lipinski definition) is 4. The first-order valence-electron chi connectivity index (χ1n) is 18.6. The Morgan fingerprint density at radius 1 is 0.596 bits per heavy atom. The minimum absolute atomic E-state index is 0.118. The van der Waals surface area contributed by atoms with Crippen LogP contribution >= 0.6 is 0 Å². The summed E-state index contributed by atoms with van der Waals surface area (Å²) in [6.07, 6.45) is 47.5. The van der Waals surface area contributed by atoms with Crippen LogP contribution in [-0.2, 0) is 19.1 Å². The van der Waals surface area contributed by atoms with Gasteiger partial charge in [-0.2, -0.15) is 0 Å². The van der Waals surface area contributed by atoms with Gasteiger partial charge in [-0.1, -0.05) is 126 Å². The summed E-state index contributed by atoms with van der Waals surface area (Å²) in [5.41, 5.74) is 0. The average molecular weight is 654 g/mol. The van der Waals surface area contributed by atoms with Crippen LogP contribution in [0.15, 0.2) is 72.9 Å². The van der Waals surface area contributed by atoms with Gasteiger partial charge in [0, 0.05) is 12.8 Å². The fourth-order valence-corrected chi connectivity index (χ4v) is 4.86. The highest BCUT2D eigenvalue weighted by Gasteiger charge is 2.11. The standard InChI is InChI=1S/C41H67NO5/c1-3-5-7-9-11-12-13-14-15-16-17-18-19-20-21-22-24-26-32-36-41(46)47-38(33-29-25-23-10-8-6-4-2)34-30-27-28-31-35-39(43)42-37-40(44)45/h5,7,11-12,14-15,17-18,20-21,29,33,38H,3-4,6,8-10,13,16,19,22-28,30-32,34-37H2,1-2H3,(H,42,43)(H,44,45)/b7-5-,12-11-,15-14-,18-17-,21-20-,33-29-. The van der Waals surface area contributed by atoms with Crippen LogP contribution in [-0.4, -0.2) is 35.6 Å². The number of unbranched alkanes of at least 4 members (excludes halogenated alkanes) is 11. The summed E-state index contributed by atoms with van der Waals surface area (Å²) in [6, 6.07) is 0. The van der Waals surface area contributed by atoms with Gasteiger partial charge >= 0.3 is 11.9 Å². The maximum atomic E-state index is 12.6. The SMILES string of the molecule is CC/C=C\C/C=C\C/C=C\C/C=C\C/C=C\CCCCCC(=O)OC(/C=C\CCCCCCC)CCCCCCC(=O)NCC(=O)O. The zero-order valence-corrected chi connectivity index (χ0v) is 29.8. The number of ether oxygens (including phenoxy) is 1. The predicted octanol–water partition coefficient (Wildman–Crippen LogP) is 11.1. The number of carbonyl (C=O) groups excluding carboxylic acids is 2. The molecule has 0 aliphatic heterocycles. The molecular formula is C41H67NO5.